The fourth-order valence-electron chi connectivity index (χ4n) is 4.57. The molecule has 0 aliphatic heterocycles. The molecule has 0 heterocycles. The summed E-state index contributed by atoms with van der Waals surface area (Å²) in [6, 6.07) is 21.8. The summed E-state index contributed by atoms with van der Waals surface area (Å²) in [5.74, 6) is -3.20. The van der Waals surface area contributed by atoms with E-state index in [1.165, 1.54) is 7.11 Å². The minimum Gasteiger partial charge on any atom is -0.480 e. The Morgan fingerprint density at radius 2 is 1.40 bits per heavy atom. The summed E-state index contributed by atoms with van der Waals surface area (Å²) >= 11 is 0. The van der Waals surface area contributed by atoms with Crippen LogP contribution >= 0.6 is 0 Å². The van der Waals surface area contributed by atoms with Crippen LogP contribution in [0.25, 0.3) is 11.1 Å². The van der Waals surface area contributed by atoms with Crippen molar-refractivity contribution in [3.05, 3.63) is 95.6 Å². The number of carbonyl (C=O) groups is 4. The van der Waals surface area contributed by atoms with Crippen LogP contribution in [0.1, 0.15) is 29.0 Å². The molecule has 208 valence electrons. The topological polar surface area (TPSA) is 140 Å². The Bertz CT molecular complexity index is 1320. The van der Waals surface area contributed by atoms with E-state index in [1.54, 1.807) is 24.3 Å². The third kappa shape index (κ3) is 7.03. The Balaban J connectivity index is 1.42. The number of esters is 1. The van der Waals surface area contributed by atoms with Crippen LogP contribution in [0.2, 0.25) is 0 Å². The summed E-state index contributed by atoms with van der Waals surface area (Å²) in [5.41, 5.74) is 4.89. The summed E-state index contributed by atoms with van der Waals surface area (Å²) in [6.07, 6.45) is -1.47. The van der Waals surface area contributed by atoms with Crippen molar-refractivity contribution < 1.29 is 38.5 Å². The van der Waals surface area contributed by atoms with E-state index in [4.69, 9.17) is 14.2 Å². The molecule has 10 nitrogen and oxygen atoms in total. The van der Waals surface area contributed by atoms with Gasteiger partial charge in [0.2, 0.25) is 5.91 Å². The standard InChI is InChI=1S/C30H30N2O8/c1-38-18-26(29(35)36)31-28(34)25(15-27(33)39-16-19-9-3-2-4-10-19)32-30(37)40-17-24-22-13-7-5-11-20(22)21-12-6-8-14-23(21)24/h2-14,24-26H,15-18H2,1H3,(H,31,34)(H,32,37)(H,35,36)/t25-,26-/m0/s1. The number of alkyl carbamates (subject to hydrolysis) is 1. The van der Waals surface area contributed by atoms with E-state index >= 15 is 0 Å². The predicted octanol–water partition coefficient (Wildman–Crippen LogP) is 3.24. The molecule has 0 bridgehead atoms. The highest BCUT2D eigenvalue weighted by molar-refractivity contribution is 5.92. The number of fused-ring (bicyclic) bond motifs is 3. The maximum absolute atomic E-state index is 13.0. The second kappa shape index (κ2) is 13.4. The minimum atomic E-state index is -1.45. The molecule has 0 aromatic heterocycles. The number of carboxylic acid groups (broad SMARTS) is 1. The monoisotopic (exact) mass is 546 g/mol. The smallest absolute Gasteiger partial charge is 0.407 e. The Hall–Kier alpha value is -4.70. The molecule has 3 N–H and O–H groups in total. The quantitative estimate of drug-likeness (QED) is 0.294. The number of carboxylic acids is 1. The van der Waals surface area contributed by atoms with Gasteiger partial charge in [-0.15, -0.1) is 0 Å². The number of aliphatic carboxylic acids is 1. The summed E-state index contributed by atoms with van der Waals surface area (Å²) in [5, 5.41) is 14.1. The number of hydrogen-bond donors (Lipinski definition) is 3. The number of ether oxygens (including phenoxy) is 3. The number of amides is 2. The van der Waals surface area contributed by atoms with Crippen LogP contribution in [-0.4, -0.2) is 61.5 Å². The van der Waals surface area contributed by atoms with Crippen molar-refractivity contribution in [1.29, 1.82) is 0 Å². The first-order valence-electron chi connectivity index (χ1n) is 12.7. The highest BCUT2D eigenvalue weighted by Crippen LogP contribution is 2.44. The lowest BCUT2D eigenvalue weighted by Gasteiger charge is -2.21. The third-order valence-electron chi connectivity index (χ3n) is 6.51. The largest absolute Gasteiger partial charge is 0.480 e. The molecule has 0 spiro atoms. The van der Waals surface area contributed by atoms with E-state index in [0.29, 0.717) is 0 Å². The van der Waals surface area contributed by atoms with Gasteiger partial charge in [0.1, 0.15) is 19.3 Å². The van der Waals surface area contributed by atoms with E-state index in [1.807, 2.05) is 54.6 Å². The van der Waals surface area contributed by atoms with Crippen LogP contribution in [0.3, 0.4) is 0 Å². The van der Waals surface area contributed by atoms with Gasteiger partial charge in [0.25, 0.3) is 0 Å². The lowest BCUT2D eigenvalue weighted by molar-refractivity contribution is -0.147. The van der Waals surface area contributed by atoms with Gasteiger partial charge in [-0.2, -0.15) is 0 Å². The zero-order chi connectivity index (χ0) is 28.5. The van der Waals surface area contributed by atoms with Crippen LogP contribution in [0.5, 0.6) is 0 Å². The van der Waals surface area contributed by atoms with Gasteiger partial charge in [-0.05, 0) is 27.8 Å². The Morgan fingerprint density at radius 3 is 2.00 bits per heavy atom. The first-order valence-corrected chi connectivity index (χ1v) is 12.7. The second-order valence-corrected chi connectivity index (χ2v) is 9.23. The van der Waals surface area contributed by atoms with Gasteiger partial charge in [-0.25, -0.2) is 9.59 Å². The molecule has 3 aromatic carbocycles. The summed E-state index contributed by atoms with van der Waals surface area (Å²) in [7, 11) is 1.29. The van der Waals surface area contributed by atoms with Gasteiger partial charge >= 0.3 is 18.0 Å². The van der Waals surface area contributed by atoms with Gasteiger partial charge in [0.15, 0.2) is 6.04 Å². The zero-order valence-corrected chi connectivity index (χ0v) is 21.9. The highest BCUT2D eigenvalue weighted by Gasteiger charge is 2.32. The summed E-state index contributed by atoms with van der Waals surface area (Å²) < 4.78 is 15.6. The fraction of sp³-hybridized carbons (Fsp3) is 0.267. The van der Waals surface area contributed by atoms with Gasteiger partial charge in [0.05, 0.1) is 13.0 Å². The average Bonchev–Trinajstić information content (AvgIpc) is 3.28. The molecule has 0 saturated carbocycles. The number of methoxy groups -OCH3 is 1. The molecule has 4 rings (SSSR count). The van der Waals surface area contributed by atoms with Gasteiger partial charge in [0, 0.05) is 13.0 Å². The molecule has 0 unspecified atom stereocenters. The van der Waals surface area contributed by atoms with Gasteiger partial charge in [-0.3, -0.25) is 9.59 Å². The molecule has 1 aliphatic carbocycles. The van der Waals surface area contributed by atoms with Crippen molar-refractivity contribution in [2.75, 3.05) is 20.3 Å². The van der Waals surface area contributed by atoms with Gasteiger partial charge < -0.3 is 30.0 Å². The van der Waals surface area contributed by atoms with Crippen LogP contribution in [0.4, 0.5) is 4.79 Å². The van der Waals surface area contributed by atoms with Crippen molar-refractivity contribution in [2.45, 2.75) is 31.0 Å². The van der Waals surface area contributed by atoms with E-state index in [-0.39, 0.29) is 25.7 Å². The molecule has 3 aromatic rings. The highest BCUT2D eigenvalue weighted by atomic mass is 16.6. The molecule has 2 atom stereocenters. The van der Waals surface area contributed by atoms with E-state index in [9.17, 15) is 24.3 Å². The maximum Gasteiger partial charge on any atom is 0.407 e. The van der Waals surface area contributed by atoms with E-state index < -0.39 is 42.4 Å². The molecular weight excluding hydrogens is 516 g/mol. The fourth-order valence-corrected chi connectivity index (χ4v) is 4.57. The second-order valence-electron chi connectivity index (χ2n) is 9.23. The number of rotatable bonds is 12. The van der Waals surface area contributed by atoms with Crippen molar-refractivity contribution in [1.82, 2.24) is 10.6 Å². The van der Waals surface area contributed by atoms with Crippen LogP contribution in [-0.2, 0) is 35.2 Å². The molecular formula is C30H30N2O8. The number of benzene rings is 3. The summed E-state index contributed by atoms with van der Waals surface area (Å²) in [6.45, 7) is -0.342. The first-order chi connectivity index (χ1) is 19.4. The third-order valence-corrected chi connectivity index (χ3v) is 6.51. The number of carbonyl (C=O) groups excluding carboxylic acids is 3. The van der Waals surface area contributed by atoms with Crippen LogP contribution < -0.4 is 10.6 Å². The molecule has 10 heteroatoms. The molecule has 0 saturated heterocycles. The van der Waals surface area contributed by atoms with Crippen molar-refractivity contribution in [2.24, 2.45) is 0 Å². The van der Waals surface area contributed by atoms with Gasteiger partial charge in [-0.1, -0.05) is 78.9 Å². The Labute approximate surface area is 231 Å². The molecule has 1 aliphatic rings. The molecule has 2 amide bonds. The van der Waals surface area contributed by atoms with Crippen molar-refractivity contribution in [3.63, 3.8) is 0 Å². The molecule has 40 heavy (non-hydrogen) atoms. The zero-order valence-electron chi connectivity index (χ0n) is 21.9. The Kier molecular flexibility index (Phi) is 9.48. The number of hydrogen-bond acceptors (Lipinski definition) is 7. The number of nitrogens with one attached hydrogen (secondary N) is 2. The predicted molar refractivity (Wildman–Crippen MR) is 144 cm³/mol. The normalized spacial score (nSPS) is 13.3. The van der Waals surface area contributed by atoms with Crippen LogP contribution in [0, 0.1) is 0 Å². The average molecular weight is 547 g/mol. The molecule has 0 fully saturated rings. The molecule has 0 radical (unpaired) electrons. The Morgan fingerprint density at radius 1 is 0.800 bits per heavy atom. The SMILES string of the molecule is COC[C@H](NC(=O)[C@H](CC(=O)OCc1ccccc1)NC(=O)OCC1c2ccccc2-c2ccccc21)C(=O)O. The van der Waals surface area contributed by atoms with Crippen molar-refractivity contribution in [3.8, 4) is 11.1 Å². The maximum atomic E-state index is 13.0. The first kappa shape index (κ1) is 28.3. The lowest BCUT2D eigenvalue weighted by atomic mass is 9.98. The van der Waals surface area contributed by atoms with Crippen molar-refractivity contribution >= 4 is 23.9 Å². The van der Waals surface area contributed by atoms with E-state index in [0.717, 1.165) is 27.8 Å². The van der Waals surface area contributed by atoms with E-state index in [2.05, 4.69) is 10.6 Å². The minimum absolute atomic E-state index is 0.00587. The lowest BCUT2D eigenvalue weighted by Crippen LogP contribution is -2.53. The van der Waals surface area contributed by atoms with Crippen LogP contribution in [0.15, 0.2) is 78.9 Å². The summed E-state index contributed by atoms with van der Waals surface area (Å²) in [4.78, 5) is 49.9.